The average Bonchev–Trinajstić information content (AvgIpc) is 2.34. The SMILES string of the molecule is CCN(CC(=O)NC)c1cccc(S(C)(=O)=O)c1N. The van der Waals surface area contributed by atoms with Gasteiger partial charge in [0.2, 0.25) is 5.91 Å². The van der Waals surface area contributed by atoms with E-state index in [1.165, 1.54) is 6.07 Å². The number of carbonyl (C=O) groups excluding carboxylic acids is 1. The Bertz CT molecular complexity index is 570. The van der Waals surface area contributed by atoms with Crippen LogP contribution in [0, 0.1) is 0 Å². The number of nitrogens with two attached hydrogens (primary N) is 1. The lowest BCUT2D eigenvalue weighted by molar-refractivity contribution is -0.119. The third-order valence-electron chi connectivity index (χ3n) is 2.78. The maximum Gasteiger partial charge on any atom is 0.239 e. The maximum atomic E-state index is 11.6. The highest BCUT2D eigenvalue weighted by atomic mass is 32.2. The smallest absolute Gasteiger partial charge is 0.239 e. The number of rotatable bonds is 5. The van der Waals surface area contributed by atoms with Crippen molar-refractivity contribution in [3.05, 3.63) is 18.2 Å². The Morgan fingerprint density at radius 1 is 1.42 bits per heavy atom. The Morgan fingerprint density at radius 3 is 2.53 bits per heavy atom. The van der Waals surface area contributed by atoms with E-state index in [0.717, 1.165) is 6.26 Å². The lowest BCUT2D eigenvalue weighted by Gasteiger charge is -2.24. The number of hydrogen-bond acceptors (Lipinski definition) is 5. The second-order valence-electron chi connectivity index (χ2n) is 4.15. The molecule has 0 unspecified atom stereocenters. The van der Waals surface area contributed by atoms with Crippen molar-refractivity contribution in [2.75, 3.05) is 37.0 Å². The van der Waals surface area contributed by atoms with Gasteiger partial charge in [0.25, 0.3) is 0 Å². The maximum absolute atomic E-state index is 11.6. The summed E-state index contributed by atoms with van der Waals surface area (Å²) in [7, 11) is -1.84. The van der Waals surface area contributed by atoms with Crippen LogP contribution < -0.4 is 16.0 Å². The molecular weight excluding hydrogens is 266 g/mol. The predicted octanol–water partition coefficient (Wildman–Crippen LogP) is 0.245. The Labute approximate surface area is 113 Å². The predicted molar refractivity (Wildman–Crippen MR) is 75.9 cm³/mol. The summed E-state index contributed by atoms with van der Waals surface area (Å²) in [5.74, 6) is -0.161. The van der Waals surface area contributed by atoms with Crippen LogP contribution in [0.15, 0.2) is 23.1 Å². The van der Waals surface area contributed by atoms with Crippen molar-refractivity contribution in [2.45, 2.75) is 11.8 Å². The zero-order valence-electron chi connectivity index (χ0n) is 11.3. The van der Waals surface area contributed by atoms with Crippen LogP contribution in [0.4, 0.5) is 11.4 Å². The van der Waals surface area contributed by atoms with Gasteiger partial charge < -0.3 is 16.0 Å². The van der Waals surface area contributed by atoms with Crippen molar-refractivity contribution in [1.29, 1.82) is 0 Å². The topological polar surface area (TPSA) is 92.5 Å². The van der Waals surface area contributed by atoms with Crippen LogP contribution in [0.3, 0.4) is 0 Å². The van der Waals surface area contributed by atoms with Crippen molar-refractivity contribution in [3.63, 3.8) is 0 Å². The van der Waals surface area contributed by atoms with Crippen LogP contribution in [0.1, 0.15) is 6.92 Å². The first-order valence-electron chi connectivity index (χ1n) is 5.85. The summed E-state index contributed by atoms with van der Waals surface area (Å²) in [5, 5.41) is 2.52. The van der Waals surface area contributed by atoms with Gasteiger partial charge in [-0.2, -0.15) is 0 Å². The molecule has 0 heterocycles. The van der Waals surface area contributed by atoms with Gasteiger partial charge in [0.05, 0.1) is 22.8 Å². The second-order valence-corrected chi connectivity index (χ2v) is 6.13. The zero-order chi connectivity index (χ0) is 14.6. The van der Waals surface area contributed by atoms with Crippen molar-refractivity contribution < 1.29 is 13.2 Å². The molecule has 3 N–H and O–H groups in total. The van der Waals surface area contributed by atoms with E-state index in [2.05, 4.69) is 5.32 Å². The number of anilines is 2. The normalized spacial score (nSPS) is 11.1. The molecule has 1 amide bonds. The van der Waals surface area contributed by atoms with Gasteiger partial charge in [-0.05, 0) is 19.1 Å². The molecule has 0 spiro atoms. The van der Waals surface area contributed by atoms with E-state index in [0.29, 0.717) is 12.2 Å². The second kappa shape index (κ2) is 5.92. The lowest BCUT2D eigenvalue weighted by atomic mass is 10.2. The number of nitrogens with zero attached hydrogens (tertiary/aromatic N) is 1. The summed E-state index contributed by atoms with van der Waals surface area (Å²) in [6.07, 6.45) is 1.11. The van der Waals surface area contributed by atoms with E-state index in [1.54, 1.807) is 24.1 Å². The van der Waals surface area contributed by atoms with E-state index in [1.807, 2.05) is 6.92 Å². The summed E-state index contributed by atoms with van der Waals surface area (Å²) in [6.45, 7) is 2.55. The largest absolute Gasteiger partial charge is 0.396 e. The molecule has 0 aliphatic heterocycles. The minimum absolute atomic E-state index is 0.0837. The molecule has 0 radical (unpaired) electrons. The third kappa shape index (κ3) is 3.60. The van der Waals surface area contributed by atoms with Gasteiger partial charge in [-0.25, -0.2) is 8.42 Å². The number of likely N-dealkylation sites (N-methyl/N-ethyl adjacent to an activating group) is 2. The van der Waals surface area contributed by atoms with Gasteiger partial charge >= 0.3 is 0 Å². The van der Waals surface area contributed by atoms with Crippen molar-refractivity contribution in [1.82, 2.24) is 5.32 Å². The summed E-state index contributed by atoms with van der Waals surface area (Å²) >= 11 is 0. The Hall–Kier alpha value is -1.76. The van der Waals surface area contributed by atoms with E-state index in [-0.39, 0.29) is 23.0 Å². The Balaban J connectivity index is 3.23. The number of hydrogen-bond donors (Lipinski definition) is 2. The minimum Gasteiger partial charge on any atom is -0.396 e. The Kier molecular flexibility index (Phi) is 4.77. The van der Waals surface area contributed by atoms with Crippen molar-refractivity contribution in [3.8, 4) is 0 Å². The molecule has 0 aliphatic carbocycles. The fourth-order valence-corrected chi connectivity index (χ4v) is 2.58. The highest BCUT2D eigenvalue weighted by Crippen LogP contribution is 2.29. The van der Waals surface area contributed by atoms with Gasteiger partial charge in [0.15, 0.2) is 9.84 Å². The number of nitrogen functional groups attached to an aromatic ring is 1. The van der Waals surface area contributed by atoms with Gasteiger partial charge in [-0.3, -0.25) is 4.79 Å². The fourth-order valence-electron chi connectivity index (χ4n) is 1.75. The molecule has 0 atom stereocenters. The summed E-state index contributed by atoms with van der Waals surface area (Å²) in [4.78, 5) is 13.2. The first-order valence-corrected chi connectivity index (χ1v) is 7.74. The lowest BCUT2D eigenvalue weighted by Crippen LogP contribution is -2.36. The number of sulfone groups is 1. The van der Waals surface area contributed by atoms with Gasteiger partial charge in [0, 0.05) is 19.8 Å². The van der Waals surface area contributed by atoms with Gasteiger partial charge in [0.1, 0.15) is 0 Å². The highest BCUT2D eigenvalue weighted by Gasteiger charge is 2.18. The molecule has 0 bridgehead atoms. The standard InChI is InChI=1S/C12H19N3O3S/c1-4-15(8-11(16)14-2)9-6-5-7-10(12(9)13)19(3,17)18/h5-7H,4,8,13H2,1-3H3,(H,14,16). The van der Waals surface area contributed by atoms with Crippen LogP contribution in [-0.2, 0) is 14.6 Å². The summed E-state index contributed by atoms with van der Waals surface area (Å²) in [5.41, 5.74) is 6.64. The molecule has 1 rings (SSSR count). The van der Waals surface area contributed by atoms with Crippen molar-refractivity contribution in [2.24, 2.45) is 0 Å². The zero-order valence-corrected chi connectivity index (χ0v) is 12.1. The first-order chi connectivity index (χ1) is 8.81. The average molecular weight is 285 g/mol. The van der Waals surface area contributed by atoms with E-state index in [9.17, 15) is 13.2 Å². The number of benzene rings is 1. The van der Waals surface area contributed by atoms with Gasteiger partial charge in [-0.15, -0.1) is 0 Å². The third-order valence-corrected chi connectivity index (χ3v) is 3.93. The van der Waals surface area contributed by atoms with E-state index in [4.69, 9.17) is 5.73 Å². The molecule has 106 valence electrons. The van der Waals surface area contributed by atoms with Crippen LogP contribution >= 0.6 is 0 Å². The van der Waals surface area contributed by atoms with E-state index >= 15 is 0 Å². The number of carbonyl (C=O) groups is 1. The molecule has 0 saturated carbocycles. The molecule has 6 nitrogen and oxygen atoms in total. The quantitative estimate of drug-likeness (QED) is 0.756. The molecule has 19 heavy (non-hydrogen) atoms. The molecule has 0 aromatic heterocycles. The monoisotopic (exact) mass is 285 g/mol. The molecule has 0 fully saturated rings. The van der Waals surface area contributed by atoms with Crippen LogP contribution in [-0.4, -0.2) is 40.7 Å². The summed E-state index contributed by atoms with van der Waals surface area (Å²) < 4.78 is 23.2. The first kappa shape index (κ1) is 15.3. The number of para-hydroxylation sites is 1. The van der Waals surface area contributed by atoms with E-state index < -0.39 is 9.84 Å². The van der Waals surface area contributed by atoms with Gasteiger partial charge in [-0.1, -0.05) is 6.07 Å². The van der Waals surface area contributed by atoms with Crippen molar-refractivity contribution >= 4 is 27.1 Å². The van der Waals surface area contributed by atoms with Crippen LogP contribution in [0.25, 0.3) is 0 Å². The molecule has 0 saturated heterocycles. The Morgan fingerprint density at radius 2 is 2.05 bits per heavy atom. The minimum atomic E-state index is -3.38. The molecule has 1 aromatic rings. The van der Waals surface area contributed by atoms with Crippen LogP contribution in [0.2, 0.25) is 0 Å². The molecule has 1 aromatic carbocycles. The van der Waals surface area contributed by atoms with Crippen LogP contribution in [0.5, 0.6) is 0 Å². The molecular formula is C12H19N3O3S. The molecule has 7 heteroatoms. The molecule has 0 aliphatic rings. The number of amides is 1. The fraction of sp³-hybridized carbons (Fsp3) is 0.417. The summed E-state index contributed by atoms with van der Waals surface area (Å²) in [6, 6.07) is 4.78. The number of nitrogens with one attached hydrogen (secondary N) is 1. The highest BCUT2D eigenvalue weighted by molar-refractivity contribution is 7.90.